The van der Waals surface area contributed by atoms with Crippen LogP contribution in [-0.4, -0.2) is 37.1 Å². The van der Waals surface area contributed by atoms with Crippen molar-refractivity contribution in [3.05, 3.63) is 59.7 Å². The maximum atomic E-state index is 12.3. The van der Waals surface area contributed by atoms with Gasteiger partial charge in [-0.05, 0) is 51.0 Å². The molecule has 2 N–H and O–H groups in total. The fourth-order valence-electron chi connectivity index (χ4n) is 3.54. The zero-order valence-corrected chi connectivity index (χ0v) is 17.6. The molecule has 0 spiro atoms. The third-order valence-electron chi connectivity index (χ3n) is 5.24. The van der Waals surface area contributed by atoms with E-state index in [2.05, 4.69) is 10.6 Å². The van der Waals surface area contributed by atoms with Crippen molar-refractivity contribution in [3.8, 4) is 11.5 Å². The molecule has 6 heteroatoms. The number of hydrogen-bond acceptors (Lipinski definition) is 4. The molecule has 1 fully saturated rings. The van der Waals surface area contributed by atoms with Gasteiger partial charge in [-0.1, -0.05) is 48.2 Å². The van der Waals surface area contributed by atoms with Gasteiger partial charge in [-0.2, -0.15) is 0 Å². The average Bonchev–Trinajstić information content (AvgIpc) is 2.74. The molecule has 3 rings (SSSR count). The van der Waals surface area contributed by atoms with Crippen molar-refractivity contribution in [1.82, 2.24) is 10.6 Å². The number of nitrogens with one attached hydrogen (secondary N) is 2. The molecule has 30 heavy (non-hydrogen) atoms. The van der Waals surface area contributed by atoms with Crippen LogP contribution >= 0.6 is 0 Å². The number of carbonyl (C=O) groups excluding carboxylic acids is 2. The normalized spacial score (nSPS) is 18.3. The number of hydrogen-bond donors (Lipinski definition) is 2. The van der Waals surface area contributed by atoms with Gasteiger partial charge in [0.25, 0.3) is 11.8 Å². The molecule has 0 radical (unpaired) electrons. The first-order valence-electron chi connectivity index (χ1n) is 10.5. The van der Waals surface area contributed by atoms with Crippen molar-refractivity contribution >= 4 is 11.8 Å². The average molecular weight is 411 g/mol. The Kier molecular flexibility index (Phi) is 7.71. The Balaban J connectivity index is 1.45. The van der Waals surface area contributed by atoms with Gasteiger partial charge >= 0.3 is 0 Å². The molecule has 0 aliphatic heterocycles. The van der Waals surface area contributed by atoms with E-state index in [9.17, 15) is 9.59 Å². The molecule has 0 unspecified atom stereocenters. The number of aryl methyl sites for hydroxylation is 2. The van der Waals surface area contributed by atoms with E-state index in [0.717, 1.165) is 36.8 Å². The minimum atomic E-state index is -0.183. The van der Waals surface area contributed by atoms with Crippen LogP contribution < -0.4 is 20.1 Å². The predicted octanol–water partition coefficient (Wildman–Crippen LogP) is 3.30. The molecule has 2 amide bonds. The fourth-order valence-corrected chi connectivity index (χ4v) is 3.54. The fraction of sp³-hybridized carbons (Fsp3) is 0.417. The highest BCUT2D eigenvalue weighted by atomic mass is 16.5. The van der Waals surface area contributed by atoms with Crippen molar-refractivity contribution in [2.45, 2.75) is 51.6 Å². The summed E-state index contributed by atoms with van der Waals surface area (Å²) >= 11 is 0. The van der Waals surface area contributed by atoms with E-state index < -0.39 is 0 Å². The lowest BCUT2D eigenvalue weighted by molar-refractivity contribution is -0.127. The number of carbonyl (C=O) groups is 2. The Bertz CT molecular complexity index is 762. The van der Waals surface area contributed by atoms with Gasteiger partial charge in [0.2, 0.25) is 0 Å². The molecule has 1 aliphatic carbocycles. The topological polar surface area (TPSA) is 76.7 Å². The van der Waals surface area contributed by atoms with Crippen molar-refractivity contribution in [2.24, 2.45) is 0 Å². The highest BCUT2D eigenvalue weighted by Crippen LogP contribution is 2.19. The first kappa shape index (κ1) is 21.7. The second-order valence-electron chi connectivity index (χ2n) is 7.84. The zero-order chi connectivity index (χ0) is 21.3. The summed E-state index contributed by atoms with van der Waals surface area (Å²) in [5.74, 6) is 0.963. The molecule has 6 nitrogen and oxygen atoms in total. The monoisotopic (exact) mass is 410 g/mol. The molecule has 0 bridgehead atoms. The Hall–Kier alpha value is -3.02. The van der Waals surface area contributed by atoms with Gasteiger partial charge in [0.1, 0.15) is 11.5 Å². The Morgan fingerprint density at radius 3 is 1.47 bits per heavy atom. The highest BCUT2D eigenvalue weighted by molar-refractivity contribution is 5.79. The lowest BCUT2D eigenvalue weighted by Gasteiger charge is -2.32. The lowest BCUT2D eigenvalue weighted by atomic mass is 9.90. The van der Waals surface area contributed by atoms with Gasteiger partial charge in [-0.25, -0.2) is 0 Å². The predicted molar refractivity (Wildman–Crippen MR) is 116 cm³/mol. The highest BCUT2D eigenvalue weighted by Gasteiger charge is 2.28. The standard InChI is InChI=1S/C24H30N2O4/c1-17-7-11-19(12-8-17)29-15-23(27)25-21-5-3-4-6-22(21)26-24(28)16-30-20-13-9-18(2)10-14-20/h7-14,21-22H,3-6,15-16H2,1-2H3,(H,25,27)(H,26,28)/t21-,22-/m1/s1. The summed E-state index contributed by atoms with van der Waals surface area (Å²) in [5, 5.41) is 6.03. The van der Waals surface area contributed by atoms with Gasteiger partial charge in [-0.3, -0.25) is 9.59 Å². The van der Waals surface area contributed by atoms with Gasteiger partial charge in [0.05, 0.1) is 0 Å². The number of amides is 2. The largest absolute Gasteiger partial charge is 0.484 e. The van der Waals surface area contributed by atoms with E-state index >= 15 is 0 Å². The first-order chi connectivity index (χ1) is 14.5. The van der Waals surface area contributed by atoms with E-state index in [1.54, 1.807) is 0 Å². The number of benzene rings is 2. The number of rotatable bonds is 8. The van der Waals surface area contributed by atoms with Gasteiger partial charge in [-0.15, -0.1) is 0 Å². The maximum Gasteiger partial charge on any atom is 0.258 e. The quantitative estimate of drug-likeness (QED) is 0.700. The van der Waals surface area contributed by atoms with Crippen LogP contribution in [0.4, 0.5) is 0 Å². The second-order valence-corrected chi connectivity index (χ2v) is 7.84. The lowest BCUT2D eigenvalue weighted by Crippen LogP contribution is -2.54. The summed E-state index contributed by atoms with van der Waals surface area (Å²) in [6.45, 7) is 3.91. The van der Waals surface area contributed by atoms with E-state index in [4.69, 9.17) is 9.47 Å². The summed E-state index contributed by atoms with van der Waals surface area (Å²) in [5.41, 5.74) is 2.28. The minimum Gasteiger partial charge on any atom is -0.484 e. The van der Waals surface area contributed by atoms with Crippen LogP contribution in [0.2, 0.25) is 0 Å². The smallest absolute Gasteiger partial charge is 0.258 e. The van der Waals surface area contributed by atoms with Gasteiger partial charge in [0, 0.05) is 12.1 Å². The summed E-state index contributed by atoms with van der Waals surface area (Å²) in [6, 6.07) is 15.0. The third-order valence-corrected chi connectivity index (χ3v) is 5.24. The first-order valence-corrected chi connectivity index (χ1v) is 10.5. The molecular weight excluding hydrogens is 380 g/mol. The molecule has 2 atom stereocenters. The Morgan fingerprint density at radius 2 is 1.10 bits per heavy atom. The zero-order valence-electron chi connectivity index (χ0n) is 17.6. The molecule has 2 aromatic rings. The van der Waals surface area contributed by atoms with E-state index in [1.807, 2.05) is 62.4 Å². The molecule has 160 valence electrons. The van der Waals surface area contributed by atoms with Crippen LogP contribution in [0.15, 0.2) is 48.5 Å². The van der Waals surface area contributed by atoms with Crippen molar-refractivity contribution in [1.29, 1.82) is 0 Å². The van der Waals surface area contributed by atoms with Crippen molar-refractivity contribution in [2.75, 3.05) is 13.2 Å². The summed E-state index contributed by atoms with van der Waals surface area (Å²) in [4.78, 5) is 24.7. The van der Waals surface area contributed by atoms with E-state index in [1.165, 1.54) is 0 Å². The molecule has 0 saturated heterocycles. The van der Waals surface area contributed by atoms with Crippen LogP contribution in [-0.2, 0) is 9.59 Å². The molecule has 1 saturated carbocycles. The van der Waals surface area contributed by atoms with Crippen LogP contribution in [0.25, 0.3) is 0 Å². The summed E-state index contributed by atoms with van der Waals surface area (Å²) in [7, 11) is 0. The molecule has 0 heterocycles. The van der Waals surface area contributed by atoms with Crippen LogP contribution in [0, 0.1) is 13.8 Å². The summed E-state index contributed by atoms with van der Waals surface area (Å²) < 4.78 is 11.1. The van der Waals surface area contributed by atoms with E-state index in [0.29, 0.717) is 11.5 Å². The molecular formula is C24H30N2O4. The van der Waals surface area contributed by atoms with E-state index in [-0.39, 0.29) is 37.1 Å². The molecule has 0 aromatic heterocycles. The Morgan fingerprint density at radius 1 is 0.733 bits per heavy atom. The van der Waals surface area contributed by atoms with Crippen LogP contribution in [0.3, 0.4) is 0 Å². The van der Waals surface area contributed by atoms with Crippen molar-refractivity contribution < 1.29 is 19.1 Å². The SMILES string of the molecule is Cc1ccc(OCC(=O)N[C@@H]2CCCC[C@H]2NC(=O)COc2ccc(C)cc2)cc1. The molecule has 1 aliphatic rings. The van der Waals surface area contributed by atoms with Gasteiger partial charge < -0.3 is 20.1 Å². The third kappa shape index (κ3) is 6.79. The van der Waals surface area contributed by atoms with Crippen LogP contribution in [0.1, 0.15) is 36.8 Å². The molecule has 2 aromatic carbocycles. The minimum absolute atomic E-state index is 0.0449. The van der Waals surface area contributed by atoms with Crippen molar-refractivity contribution in [3.63, 3.8) is 0 Å². The summed E-state index contributed by atoms with van der Waals surface area (Å²) in [6.07, 6.45) is 3.71. The van der Waals surface area contributed by atoms with Gasteiger partial charge in [0.15, 0.2) is 13.2 Å². The second kappa shape index (κ2) is 10.7. The number of ether oxygens (including phenoxy) is 2. The Labute approximate surface area is 178 Å². The maximum absolute atomic E-state index is 12.3. The van der Waals surface area contributed by atoms with Crippen LogP contribution in [0.5, 0.6) is 11.5 Å².